The summed E-state index contributed by atoms with van der Waals surface area (Å²) in [5, 5.41) is 0. The molecule has 1 aromatic carbocycles. The molecule has 86 valence electrons. The van der Waals surface area contributed by atoms with E-state index >= 15 is 0 Å². The standard InChI is InChI=1S/C15H19F/c1-4-5-13(15(3)8-9-15)12-7-6-11(2)10-14(12)16/h5-7,10H,4,8-9H2,1-3H3. The van der Waals surface area contributed by atoms with E-state index in [0.717, 1.165) is 17.5 Å². The normalized spacial score (nSPS) is 18.6. The van der Waals surface area contributed by atoms with Crippen molar-refractivity contribution in [1.82, 2.24) is 0 Å². The van der Waals surface area contributed by atoms with Crippen molar-refractivity contribution in [2.75, 3.05) is 0 Å². The predicted octanol–water partition coefficient (Wildman–Crippen LogP) is 4.73. The molecule has 16 heavy (non-hydrogen) atoms. The quantitative estimate of drug-likeness (QED) is 0.688. The minimum atomic E-state index is -0.0761. The van der Waals surface area contributed by atoms with Gasteiger partial charge in [-0.2, -0.15) is 0 Å². The first-order chi connectivity index (χ1) is 7.57. The summed E-state index contributed by atoms with van der Waals surface area (Å²) in [5.41, 5.74) is 3.21. The molecule has 1 heteroatoms. The Labute approximate surface area is 97.2 Å². The second kappa shape index (κ2) is 4.04. The van der Waals surface area contributed by atoms with E-state index in [4.69, 9.17) is 0 Å². The SMILES string of the molecule is CCC=C(c1ccc(C)cc1F)C1(C)CC1. The van der Waals surface area contributed by atoms with E-state index in [1.165, 1.54) is 18.4 Å². The number of benzene rings is 1. The molecule has 1 saturated carbocycles. The van der Waals surface area contributed by atoms with Gasteiger partial charge >= 0.3 is 0 Å². The average molecular weight is 218 g/mol. The highest BCUT2D eigenvalue weighted by Gasteiger charge is 2.41. The molecule has 0 amide bonds. The van der Waals surface area contributed by atoms with Crippen molar-refractivity contribution >= 4 is 5.57 Å². The molecule has 0 atom stereocenters. The highest BCUT2D eigenvalue weighted by Crippen LogP contribution is 2.55. The number of rotatable bonds is 3. The largest absolute Gasteiger partial charge is 0.206 e. The van der Waals surface area contributed by atoms with Crippen LogP contribution in [0.15, 0.2) is 24.3 Å². The van der Waals surface area contributed by atoms with Crippen molar-refractivity contribution in [3.63, 3.8) is 0 Å². The van der Waals surface area contributed by atoms with E-state index in [1.54, 1.807) is 6.07 Å². The summed E-state index contributed by atoms with van der Waals surface area (Å²) in [6.45, 7) is 6.26. The van der Waals surface area contributed by atoms with Gasteiger partial charge in [-0.3, -0.25) is 0 Å². The summed E-state index contributed by atoms with van der Waals surface area (Å²) < 4.78 is 13.9. The van der Waals surface area contributed by atoms with Crippen LogP contribution in [0, 0.1) is 18.2 Å². The monoisotopic (exact) mass is 218 g/mol. The molecule has 0 heterocycles. The average Bonchev–Trinajstić information content (AvgIpc) is 2.95. The Balaban J connectivity index is 2.44. The maximum Gasteiger partial charge on any atom is 0.130 e. The molecule has 0 nitrogen and oxygen atoms in total. The molecular weight excluding hydrogens is 199 g/mol. The van der Waals surface area contributed by atoms with Crippen LogP contribution in [0.25, 0.3) is 5.57 Å². The van der Waals surface area contributed by atoms with Crippen LogP contribution in [0.1, 0.15) is 44.2 Å². The van der Waals surface area contributed by atoms with E-state index in [2.05, 4.69) is 19.9 Å². The number of halogens is 1. The highest BCUT2D eigenvalue weighted by molar-refractivity contribution is 5.72. The van der Waals surface area contributed by atoms with Gasteiger partial charge in [0.05, 0.1) is 0 Å². The van der Waals surface area contributed by atoms with Crippen LogP contribution in [0.2, 0.25) is 0 Å². The van der Waals surface area contributed by atoms with Crippen molar-refractivity contribution in [1.29, 1.82) is 0 Å². The van der Waals surface area contributed by atoms with Gasteiger partial charge in [-0.25, -0.2) is 4.39 Å². The molecule has 0 spiro atoms. The van der Waals surface area contributed by atoms with Gasteiger partial charge in [0.1, 0.15) is 5.82 Å². The molecule has 0 N–H and O–H groups in total. The maximum absolute atomic E-state index is 13.9. The first kappa shape index (κ1) is 11.4. The smallest absolute Gasteiger partial charge is 0.130 e. The third-order valence-electron chi connectivity index (χ3n) is 3.47. The minimum Gasteiger partial charge on any atom is -0.206 e. The molecule has 1 aliphatic carbocycles. The molecule has 0 bridgehead atoms. The molecule has 1 aliphatic rings. The van der Waals surface area contributed by atoms with Crippen LogP contribution in [0.3, 0.4) is 0 Å². The van der Waals surface area contributed by atoms with E-state index in [1.807, 2.05) is 19.1 Å². The van der Waals surface area contributed by atoms with Crippen LogP contribution in [0.4, 0.5) is 4.39 Å². The Morgan fingerprint density at radius 3 is 2.62 bits per heavy atom. The first-order valence-corrected chi connectivity index (χ1v) is 6.04. The van der Waals surface area contributed by atoms with Gasteiger partial charge in [-0.15, -0.1) is 0 Å². The van der Waals surface area contributed by atoms with Gasteiger partial charge in [-0.05, 0) is 48.8 Å². The number of hydrogen-bond acceptors (Lipinski definition) is 0. The molecule has 0 aliphatic heterocycles. The third kappa shape index (κ3) is 2.04. The molecule has 0 aromatic heterocycles. The van der Waals surface area contributed by atoms with Gasteiger partial charge in [0, 0.05) is 5.56 Å². The van der Waals surface area contributed by atoms with Crippen molar-refractivity contribution in [3.05, 3.63) is 41.2 Å². The van der Waals surface area contributed by atoms with Crippen LogP contribution in [0.5, 0.6) is 0 Å². The summed E-state index contributed by atoms with van der Waals surface area (Å²) in [6.07, 6.45) is 5.53. The number of hydrogen-bond donors (Lipinski definition) is 0. The lowest BCUT2D eigenvalue weighted by molar-refractivity contribution is 0.616. The Hall–Kier alpha value is -1.11. The fourth-order valence-electron chi connectivity index (χ4n) is 2.18. The van der Waals surface area contributed by atoms with Crippen molar-refractivity contribution in [2.45, 2.75) is 40.0 Å². The molecule has 1 aromatic rings. The first-order valence-electron chi connectivity index (χ1n) is 6.04. The Kier molecular flexibility index (Phi) is 2.88. The van der Waals surface area contributed by atoms with Gasteiger partial charge in [0.2, 0.25) is 0 Å². The van der Waals surface area contributed by atoms with E-state index in [9.17, 15) is 4.39 Å². The van der Waals surface area contributed by atoms with Crippen molar-refractivity contribution in [3.8, 4) is 0 Å². The summed E-state index contributed by atoms with van der Waals surface area (Å²) >= 11 is 0. The van der Waals surface area contributed by atoms with E-state index < -0.39 is 0 Å². The molecule has 0 radical (unpaired) electrons. The number of allylic oxidation sites excluding steroid dienone is 2. The summed E-state index contributed by atoms with van der Waals surface area (Å²) in [6, 6.07) is 5.55. The van der Waals surface area contributed by atoms with Crippen LogP contribution in [-0.4, -0.2) is 0 Å². The lowest BCUT2D eigenvalue weighted by atomic mass is 9.89. The highest BCUT2D eigenvalue weighted by atomic mass is 19.1. The van der Waals surface area contributed by atoms with Crippen LogP contribution < -0.4 is 0 Å². The minimum absolute atomic E-state index is 0.0761. The Morgan fingerprint density at radius 1 is 1.44 bits per heavy atom. The van der Waals surface area contributed by atoms with Gasteiger partial charge in [0.25, 0.3) is 0 Å². The summed E-state index contributed by atoms with van der Waals surface area (Å²) in [5.74, 6) is -0.0761. The zero-order valence-corrected chi connectivity index (χ0v) is 10.3. The lowest BCUT2D eigenvalue weighted by Gasteiger charge is -2.16. The van der Waals surface area contributed by atoms with Gasteiger partial charge in [-0.1, -0.05) is 32.1 Å². The Morgan fingerprint density at radius 2 is 2.12 bits per heavy atom. The zero-order chi connectivity index (χ0) is 11.8. The van der Waals surface area contributed by atoms with Crippen LogP contribution in [-0.2, 0) is 0 Å². The molecule has 0 unspecified atom stereocenters. The fraction of sp³-hybridized carbons (Fsp3) is 0.467. The molecule has 1 fully saturated rings. The maximum atomic E-state index is 13.9. The third-order valence-corrected chi connectivity index (χ3v) is 3.47. The predicted molar refractivity (Wildman–Crippen MR) is 66.7 cm³/mol. The van der Waals surface area contributed by atoms with Gasteiger partial charge < -0.3 is 0 Å². The topological polar surface area (TPSA) is 0 Å². The Bertz CT molecular complexity index is 425. The number of aryl methyl sites for hydroxylation is 1. The second-order valence-corrected chi connectivity index (χ2v) is 5.07. The zero-order valence-electron chi connectivity index (χ0n) is 10.3. The summed E-state index contributed by atoms with van der Waals surface area (Å²) in [7, 11) is 0. The van der Waals surface area contributed by atoms with Gasteiger partial charge in [0.15, 0.2) is 0 Å². The molecular formula is C15H19F. The second-order valence-electron chi connectivity index (χ2n) is 5.07. The fourth-order valence-corrected chi connectivity index (χ4v) is 2.18. The van der Waals surface area contributed by atoms with E-state index in [0.29, 0.717) is 0 Å². The summed E-state index contributed by atoms with van der Waals surface area (Å²) in [4.78, 5) is 0. The van der Waals surface area contributed by atoms with Crippen molar-refractivity contribution in [2.24, 2.45) is 5.41 Å². The molecule has 0 saturated heterocycles. The van der Waals surface area contributed by atoms with Crippen LogP contribution >= 0.6 is 0 Å². The lowest BCUT2D eigenvalue weighted by Crippen LogP contribution is -2.01. The van der Waals surface area contributed by atoms with Crippen molar-refractivity contribution < 1.29 is 4.39 Å². The molecule has 2 rings (SSSR count). The van der Waals surface area contributed by atoms with E-state index in [-0.39, 0.29) is 11.2 Å².